The van der Waals surface area contributed by atoms with Crippen LogP contribution < -0.4 is 15.8 Å². The van der Waals surface area contributed by atoms with Gasteiger partial charge in [-0.1, -0.05) is 32.0 Å². The Kier molecular flexibility index (Phi) is 5.04. The summed E-state index contributed by atoms with van der Waals surface area (Å²) in [5.41, 5.74) is 9.07. The fourth-order valence-electron chi connectivity index (χ4n) is 2.10. The minimum Gasteiger partial charge on any atom is -0.490 e. The van der Waals surface area contributed by atoms with Crippen LogP contribution in [0.1, 0.15) is 25.8 Å². The van der Waals surface area contributed by atoms with Gasteiger partial charge in [-0.25, -0.2) is 4.39 Å². The highest BCUT2D eigenvalue weighted by Crippen LogP contribution is 2.31. The number of nitrogens with one attached hydrogen (secondary N) is 1. The van der Waals surface area contributed by atoms with E-state index in [1.165, 1.54) is 11.6 Å². The van der Waals surface area contributed by atoms with Crippen LogP contribution in [0.3, 0.4) is 0 Å². The second-order valence-corrected chi connectivity index (χ2v) is 4.85. The van der Waals surface area contributed by atoms with E-state index in [2.05, 4.69) is 18.3 Å². The van der Waals surface area contributed by atoms with E-state index in [0.717, 1.165) is 18.5 Å². The molecule has 0 atom stereocenters. The Morgan fingerprint density at radius 3 is 2.62 bits per heavy atom. The van der Waals surface area contributed by atoms with Gasteiger partial charge >= 0.3 is 0 Å². The fourth-order valence-corrected chi connectivity index (χ4v) is 2.10. The van der Waals surface area contributed by atoms with Crippen LogP contribution in [0.4, 0.5) is 21.5 Å². The first kappa shape index (κ1) is 15.2. The molecule has 3 N–H and O–H groups in total. The van der Waals surface area contributed by atoms with Crippen molar-refractivity contribution in [2.45, 2.75) is 26.7 Å². The number of para-hydroxylation sites is 1. The molecule has 21 heavy (non-hydrogen) atoms. The van der Waals surface area contributed by atoms with Gasteiger partial charge in [0, 0.05) is 17.8 Å². The quantitative estimate of drug-likeness (QED) is 0.769. The number of anilines is 3. The van der Waals surface area contributed by atoms with Crippen molar-refractivity contribution in [2.24, 2.45) is 0 Å². The molecule has 0 aliphatic carbocycles. The van der Waals surface area contributed by atoms with Crippen LogP contribution in [0.25, 0.3) is 0 Å². The first-order valence-corrected chi connectivity index (χ1v) is 7.22. The molecule has 0 saturated carbocycles. The second-order valence-electron chi connectivity index (χ2n) is 4.85. The fraction of sp³-hybridized carbons (Fsp3) is 0.294. The summed E-state index contributed by atoms with van der Waals surface area (Å²) in [4.78, 5) is 0. The molecule has 0 saturated heterocycles. The van der Waals surface area contributed by atoms with Gasteiger partial charge in [0.05, 0.1) is 18.0 Å². The number of halogens is 1. The molecule has 4 heteroatoms. The molecule has 2 rings (SSSR count). The van der Waals surface area contributed by atoms with Gasteiger partial charge in [0.2, 0.25) is 0 Å². The molecule has 0 radical (unpaired) electrons. The molecule has 0 aromatic heterocycles. The van der Waals surface area contributed by atoms with Crippen LogP contribution in [-0.4, -0.2) is 6.61 Å². The SMILES string of the molecule is CCCOc1cc(Nc2ccccc2CC)c(N)cc1F. The van der Waals surface area contributed by atoms with Crippen molar-refractivity contribution in [3.63, 3.8) is 0 Å². The van der Waals surface area contributed by atoms with Crippen LogP contribution in [-0.2, 0) is 6.42 Å². The molecule has 0 aliphatic heterocycles. The van der Waals surface area contributed by atoms with Crippen molar-refractivity contribution >= 4 is 17.1 Å². The molecular formula is C17H21FN2O. The lowest BCUT2D eigenvalue weighted by Gasteiger charge is -2.15. The lowest BCUT2D eigenvalue weighted by atomic mass is 10.1. The van der Waals surface area contributed by atoms with Crippen molar-refractivity contribution in [1.82, 2.24) is 0 Å². The van der Waals surface area contributed by atoms with E-state index in [1.54, 1.807) is 6.07 Å². The Morgan fingerprint density at radius 2 is 1.90 bits per heavy atom. The Labute approximate surface area is 124 Å². The molecule has 0 spiro atoms. The van der Waals surface area contributed by atoms with E-state index < -0.39 is 5.82 Å². The first-order chi connectivity index (χ1) is 10.2. The summed E-state index contributed by atoms with van der Waals surface area (Å²) < 4.78 is 19.2. The molecular weight excluding hydrogens is 267 g/mol. The molecule has 2 aromatic rings. The molecule has 0 unspecified atom stereocenters. The standard InChI is InChI=1S/C17H21FN2O/c1-3-9-21-17-11-16(14(19)10-13(17)18)20-15-8-6-5-7-12(15)4-2/h5-8,10-11,20H,3-4,9,19H2,1-2H3. The van der Waals surface area contributed by atoms with E-state index in [9.17, 15) is 4.39 Å². The molecule has 3 nitrogen and oxygen atoms in total. The minimum atomic E-state index is -0.435. The van der Waals surface area contributed by atoms with Crippen LogP contribution in [0, 0.1) is 5.82 Å². The first-order valence-electron chi connectivity index (χ1n) is 7.22. The third kappa shape index (κ3) is 3.66. The summed E-state index contributed by atoms with van der Waals surface area (Å²) >= 11 is 0. The maximum Gasteiger partial charge on any atom is 0.167 e. The van der Waals surface area contributed by atoms with Crippen molar-refractivity contribution in [2.75, 3.05) is 17.7 Å². The average Bonchev–Trinajstić information content (AvgIpc) is 2.49. The van der Waals surface area contributed by atoms with Gasteiger partial charge in [-0.2, -0.15) is 0 Å². The van der Waals surface area contributed by atoms with E-state index >= 15 is 0 Å². The molecule has 0 heterocycles. The van der Waals surface area contributed by atoms with E-state index in [1.807, 2.05) is 25.1 Å². The maximum absolute atomic E-state index is 13.8. The van der Waals surface area contributed by atoms with Crippen LogP contribution in [0.5, 0.6) is 5.75 Å². The van der Waals surface area contributed by atoms with Crippen molar-refractivity contribution in [3.8, 4) is 5.75 Å². The predicted octanol–water partition coefficient (Wildman–Crippen LogP) is 4.50. The van der Waals surface area contributed by atoms with E-state index in [-0.39, 0.29) is 5.75 Å². The third-order valence-corrected chi connectivity index (χ3v) is 3.23. The average molecular weight is 288 g/mol. The molecule has 0 fully saturated rings. The molecule has 0 aliphatic rings. The van der Waals surface area contributed by atoms with E-state index in [0.29, 0.717) is 18.0 Å². The van der Waals surface area contributed by atoms with E-state index in [4.69, 9.17) is 10.5 Å². The summed E-state index contributed by atoms with van der Waals surface area (Å²) in [6.45, 7) is 4.54. The number of nitrogens with two attached hydrogens (primary N) is 1. The van der Waals surface area contributed by atoms with Crippen molar-refractivity contribution in [1.29, 1.82) is 0 Å². The summed E-state index contributed by atoms with van der Waals surface area (Å²) in [5.74, 6) is -0.210. The summed E-state index contributed by atoms with van der Waals surface area (Å²) in [6, 6.07) is 10.9. The molecule has 2 aromatic carbocycles. The zero-order valence-electron chi connectivity index (χ0n) is 12.4. The third-order valence-electron chi connectivity index (χ3n) is 3.23. The smallest absolute Gasteiger partial charge is 0.167 e. The number of aryl methyl sites for hydroxylation is 1. The van der Waals surface area contributed by atoms with Crippen LogP contribution >= 0.6 is 0 Å². The van der Waals surface area contributed by atoms with Crippen molar-refractivity contribution in [3.05, 3.63) is 47.8 Å². The highest BCUT2D eigenvalue weighted by Gasteiger charge is 2.10. The number of hydrogen-bond acceptors (Lipinski definition) is 3. The Morgan fingerprint density at radius 1 is 1.14 bits per heavy atom. The van der Waals surface area contributed by atoms with Gasteiger partial charge in [0.1, 0.15) is 0 Å². The normalized spacial score (nSPS) is 10.4. The number of ether oxygens (including phenoxy) is 1. The lowest BCUT2D eigenvalue weighted by Crippen LogP contribution is -2.03. The summed E-state index contributed by atoms with van der Waals surface area (Å²) in [6.07, 6.45) is 1.73. The largest absolute Gasteiger partial charge is 0.490 e. The van der Waals surface area contributed by atoms with Gasteiger partial charge in [-0.15, -0.1) is 0 Å². The highest BCUT2D eigenvalue weighted by atomic mass is 19.1. The number of hydrogen-bond donors (Lipinski definition) is 2. The Balaban J connectivity index is 2.30. The monoisotopic (exact) mass is 288 g/mol. The Bertz CT molecular complexity index is 614. The Hall–Kier alpha value is -2.23. The zero-order valence-corrected chi connectivity index (χ0v) is 12.4. The summed E-state index contributed by atoms with van der Waals surface area (Å²) in [7, 11) is 0. The molecule has 112 valence electrons. The maximum atomic E-state index is 13.8. The van der Waals surface area contributed by atoms with Crippen LogP contribution in [0.2, 0.25) is 0 Å². The van der Waals surface area contributed by atoms with Crippen molar-refractivity contribution < 1.29 is 9.13 Å². The highest BCUT2D eigenvalue weighted by molar-refractivity contribution is 5.75. The predicted molar refractivity (Wildman–Crippen MR) is 85.7 cm³/mol. The van der Waals surface area contributed by atoms with Gasteiger partial charge < -0.3 is 15.8 Å². The number of rotatable bonds is 6. The van der Waals surface area contributed by atoms with Crippen LogP contribution in [0.15, 0.2) is 36.4 Å². The number of nitrogen functional groups attached to an aromatic ring is 1. The zero-order chi connectivity index (χ0) is 15.2. The van der Waals surface area contributed by atoms with Gasteiger partial charge in [-0.05, 0) is 24.5 Å². The summed E-state index contributed by atoms with van der Waals surface area (Å²) in [5, 5.41) is 3.26. The van der Waals surface area contributed by atoms with Gasteiger partial charge in [0.15, 0.2) is 11.6 Å². The minimum absolute atomic E-state index is 0.225. The van der Waals surface area contributed by atoms with Gasteiger partial charge in [0.25, 0.3) is 0 Å². The second kappa shape index (κ2) is 6.97. The number of benzene rings is 2. The lowest BCUT2D eigenvalue weighted by molar-refractivity contribution is 0.301. The topological polar surface area (TPSA) is 47.3 Å². The molecule has 0 amide bonds. The molecule has 0 bridgehead atoms. The van der Waals surface area contributed by atoms with Gasteiger partial charge in [-0.3, -0.25) is 0 Å².